The molecule has 0 saturated heterocycles. The number of carbonyl (C=O) groups is 1. The third-order valence-corrected chi connectivity index (χ3v) is 5.16. The number of aliphatic imine (C=N–C) groups is 1. The Morgan fingerprint density at radius 2 is 1.62 bits per heavy atom. The van der Waals surface area contributed by atoms with Crippen molar-refractivity contribution in [3.05, 3.63) is 89.4 Å². The minimum Gasteiger partial charge on any atom is -0.457 e. The van der Waals surface area contributed by atoms with Crippen LogP contribution in [-0.4, -0.2) is 50.0 Å². The number of guanidine groups is 1. The van der Waals surface area contributed by atoms with Gasteiger partial charge >= 0.3 is 0 Å². The Bertz CT molecular complexity index is 1070. The summed E-state index contributed by atoms with van der Waals surface area (Å²) in [6, 6.07) is 23.6. The SMILES string of the molecule is CN(C)CCNC(=O)[C@H](Cc1ccccc1)N=C(N)Nc1ccc(Oc2ccc(Cl)cc2)cc1. The summed E-state index contributed by atoms with van der Waals surface area (Å²) < 4.78 is 5.81. The molecule has 0 aliphatic heterocycles. The number of carbonyl (C=O) groups excluding carboxylic acids is 1. The van der Waals surface area contributed by atoms with E-state index in [1.807, 2.05) is 73.6 Å². The highest BCUT2D eigenvalue weighted by atomic mass is 35.5. The number of halogens is 1. The maximum Gasteiger partial charge on any atom is 0.245 e. The van der Waals surface area contributed by atoms with Crippen LogP contribution in [0.5, 0.6) is 11.5 Å². The molecule has 3 aromatic rings. The maximum atomic E-state index is 12.8. The summed E-state index contributed by atoms with van der Waals surface area (Å²) in [7, 11) is 3.92. The third kappa shape index (κ3) is 8.42. The number of hydrogen-bond donors (Lipinski definition) is 3. The summed E-state index contributed by atoms with van der Waals surface area (Å²) in [5.74, 6) is 1.36. The third-order valence-electron chi connectivity index (χ3n) is 4.90. The minimum absolute atomic E-state index is 0.162. The van der Waals surface area contributed by atoms with E-state index in [2.05, 4.69) is 15.6 Å². The second-order valence-corrected chi connectivity index (χ2v) is 8.46. The number of amides is 1. The minimum atomic E-state index is -0.649. The molecule has 3 aromatic carbocycles. The van der Waals surface area contributed by atoms with E-state index in [0.717, 1.165) is 17.8 Å². The van der Waals surface area contributed by atoms with Gasteiger partial charge in [-0.2, -0.15) is 0 Å². The smallest absolute Gasteiger partial charge is 0.245 e. The first-order valence-electron chi connectivity index (χ1n) is 11.0. The average molecular weight is 480 g/mol. The summed E-state index contributed by atoms with van der Waals surface area (Å²) in [6.07, 6.45) is 0.449. The number of benzene rings is 3. The van der Waals surface area contributed by atoms with Gasteiger partial charge in [0, 0.05) is 30.2 Å². The Morgan fingerprint density at radius 3 is 2.24 bits per heavy atom. The Balaban J connectivity index is 1.65. The fourth-order valence-electron chi connectivity index (χ4n) is 3.15. The molecule has 0 aliphatic rings. The van der Waals surface area contributed by atoms with Crippen LogP contribution in [0, 0.1) is 0 Å². The standard InChI is InChI=1S/C26H30ClN5O2/c1-32(2)17-16-29-25(33)24(18-19-6-4-3-5-7-19)31-26(28)30-21-10-14-23(15-11-21)34-22-12-8-20(27)9-13-22/h3-15,24H,16-18H2,1-2H3,(H,29,33)(H3,28,30,31)/t24-/m0/s1. The lowest BCUT2D eigenvalue weighted by atomic mass is 10.1. The van der Waals surface area contributed by atoms with Crippen LogP contribution >= 0.6 is 11.6 Å². The van der Waals surface area contributed by atoms with Gasteiger partial charge < -0.3 is 26.0 Å². The van der Waals surface area contributed by atoms with Gasteiger partial charge in [0.15, 0.2) is 5.96 Å². The van der Waals surface area contributed by atoms with Gasteiger partial charge in [0.25, 0.3) is 0 Å². The van der Waals surface area contributed by atoms with Crippen LogP contribution in [0.15, 0.2) is 83.9 Å². The quantitative estimate of drug-likeness (QED) is 0.300. The molecule has 4 N–H and O–H groups in total. The number of hydrogen-bond acceptors (Lipinski definition) is 4. The second kappa shape index (κ2) is 12.6. The van der Waals surface area contributed by atoms with Crippen molar-refractivity contribution in [2.75, 3.05) is 32.5 Å². The van der Waals surface area contributed by atoms with Crippen molar-refractivity contribution in [1.82, 2.24) is 10.2 Å². The van der Waals surface area contributed by atoms with Crippen LogP contribution < -0.4 is 21.1 Å². The molecular formula is C26H30ClN5O2. The average Bonchev–Trinajstić information content (AvgIpc) is 2.82. The van der Waals surface area contributed by atoms with E-state index in [9.17, 15) is 4.79 Å². The lowest BCUT2D eigenvalue weighted by Crippen LogP contribution is -2.40. The maximum absolute atomic E-state index is 12.8. The van der Waals surface area contributed by atoms with Gasteiger partial charge in [0.1, 0.15) is 17.5 Å². The van der Waals surface area contributed by atoms with Gasteiger partial charge in [-0.25, -0.2) is 4.99 Å². The second-order valence-electron chi connectivity index (χ2n) is 8.02. The van der Waals surface area contributed by atoms with Gasteiger partial charge in [0.2, 0.25) is 5.91 Å². The molecule has 0 bridgehead atoms. The highest BCUT2D eigenvalue weighted by Crippen LogP contribution is 2.24. The molecule has 0 heterocycles. The number of nitrogens with two attached hydrogens (primary N) is 1. The Kier molecular flexibility index (Phi) is 9.31. The molecule has 0 fully saturated rings. The highest BCUT2D eigenvalue weighted by Gasteiger charge is 2.18. The zero-order valence-corrected chi connectivity index (χ0v) is 20.1. The monoisotopic (exact) mass is 479 g/mol. The molecule has 0 saturated carbocycles. The van der Waals surface area contributed by atoms with Crippen molar-refractivity contribution in [2.45, 2.75) is 12.5 Å². The van der Waals surface area contributed by atoms with Gasteiger partial charge in [-0.1, -0.05) is 41.9 Å². The van der Waals surface area contributed by atoms with Crippen molar-refractivity contribution >= 4 is 29.2 Å². The zero-order chi connectivity index (χ0) is 24.3. The Morgan fingerprint density at radius 1 is 1.00 bits per heavy atom. The van der Waals surface area contributed by atoms with Crippen LogP contribution in [-0.2, 0) is 11.2 Å². The first-order chi connectivity index (χ1) is 16.4. The van der Waals surface area contributed by atoms with Crippen LogP contribution in [0.3, 0.4) is 0 Å². The summed E-state index contributed by atoms with van der Waals surface area (Å²) in [5.41, 5.74) is 7.90. The zero-order valence-electron chi connectivity index (χ0n) is 19.4. The van der Waals surface area contributed by atoms with E-state index in [-0.39, 0.29) is 11.9 Å². The largest absolute Gasteiger partial charge is 0.457 e. The number of anilines is 1. The molecule has 178 valence electrons. The first kappa shape index (κ1) is 25.1. The van der Waals surface area contributed by atoms with E-state index in [1.54, 1.807) is 24.3 Å². The molecule has 1 amide bonds. The molecule has 0 radical (unpaired) electrons. The van der Waals surface area contributed by atoms with Crippen LogP contribution in [0.4, 0.5) is 5.69 Å². The fraction of sp³-hybridized carbons (Fsp3) is 0.231. The van der Waals surface area contributed by atoms with E-state index in [1.165, 1.54) is 0 Å². The van der Waals surface area contributed by atoms with Crippen molar-refractivity contribution in [3.63, 3.8) is 0 Å². The number of ether oxygens (including phenoxy) is 1. The van der Waals surface area contributed by atoms with E-state index in [4.69, 9.17) is 22.1 Å². The predicted octanol–water partition coefficient (Wildman–Crippen LogP) is 4.15. The van der Waals surface area contributed by atoms with Crippen LogP contribution in [0.2, 0.25) is 5.02 Å². The summed E-state index contributed by atoms with van der Waals surface area (Å²) in [5, 5.41) is 6.65. The topological polar surface area (TPSA) is 92.0 Å². The van der Waals surface area contributed by atoms with E-state index < -0.39 is 6.04 Å². The molecule has 0 unspecified atom stereocenters. The normalized spacial score (nSPS) is 12.3. The fourth-order valence-corrected chi connectivity index (χ4v) is 3.27. The molecule has 7 nitrogen and oxygen atoms in total. The van der Waals surface area contributed by atoms with Gasteiger partial charge in [-0.15, -0.1) is 0 Å². The molecule has 34 heavy (non-hydrogen) atoms. The van der Waals surface area contributed by atoms with Crippen molar-refractivity contribution in [3.8, 4) is 11.5 Å². The summed E-state index contributed by atoms with van der Waals surface area (Å²) in [4.78, 5) is 19.3. The summed E-state index contributed by atoms with van der Waals surface area (Å²) in [6.45, 7) is 1.28. The summed E-state index contributed by atoms with van der Waals surface area (Å²) >= 11 is 5.91. The predicted molar refractivity (Wildman–Crippen MR) is 139 cm³/mol. The molecule has 0 aromatic heterocycles. The molecule has 8 heteroatoms. The van der Waals surface area contributed by atoms with Gasteiger partial charge in [-0.3, -0.25) is 4.79 Å². The van der Waals surface area contributed by atoms with Crippen LogP contribution in [0.25, 0.3) is 0 Å². The Hall–Kier alpha value is -3.55. The number of nitrogens with one attached hydrogen (secondary N) is 2. The van der Waals surface area contributed by atoms with Gasteiger partial charge in [0.05, 0.1) is 0 Å². The lowest BCUT2D eigenvalue weighted by molar-refractivity contribution is -0.122. The highest BCUT2D eigenvalue weighted by molar-refractivity contribution is 6.30. The lowest BCUT2D eigenvalue weighted by Gasteiger charge is -2.16. The van der Waals surface area contributed by atoms with Crippen molar-refractivity contribution in [2.24, 2.45) is 10.7 Å². The van der Waals surface area contributed by atoms with Gasteiger partial charge in [-0.05, 0) is 68.2 Å². The molecule has 0 aliphatic carbocycles. The van der Waals surface area contributed by atoms with Crippen molar-refractivity contribution in [1.29, 1.82) is 0 Å². The number of nitrogens with zero attached hydrogens (tertiary/aromatic N) is 2. The number of likely N-dealkylation sites (N-methyl/N-ethyl adjacent to an activating group) is 1. The number of rotatable bonds is 10. The van der Waals surface area contributed by atoms with E-state index in [0.29, 0.717) is 29.5 Å². The molecule has 3 rings (SSSR count). The van der Waals surface area contributed by atoms with Crippen LogP contribution in [0.1, 0.15) is 5.56 Å². The Labute approximate surface area is 205 Å². The first-order valence-corrected chi connectivity index (χ1v) is 11.4. The molecule has 0 spiro atoms. The molecular weight excluding hydrogens is 450 g/mol. The van der Waals surface area contributed by atoms with Crippen molar-refractivity contribution < 1.29 is 9.53 Å². The van der Waals surface area contributed by atoms with E-state index >= 15 is 0 Å². The molecule has 1 atom stereocenters.